The second-order valence-corrected chi connectivity index (χ2v) is 2.00. The van der Waals surface area contributed by atoms with E-state index >= 15 is 0 Å². The Bertz CT molecular complexity index is 33.7. The first-order valence-corrected chi connectivity index (χ1v) is 2.81. The van der Waals surface area contributed by atoms with Crippen LogP contribution >= 0.6 is 0 Å². The van der Waals surface area contributed by atoms with Gasteiger partial charge >= 0.3 is 9.05 Å². The molecule has 0 saturated carbocycles. The van der Waals surface area contributed by atoms with Gasteiger partial charge in [-0.2, -0.15) is 4.58 Å². The molecule has 0 rings (SSSR count). The smallest absolute Gasteiger partial charge is 0.366 e. The SMILES string of the molecule is OO[Si](O)(O)O. The van der Waals surface area contributed by atoms with Crippen LogP contribution in [0.3, 0.4) is 0 Å². The molecule has 0 atom stereocenters. The molecule has 4 N–H and O–H groups in total. The zero-order valence-corrected chi connectivity index (χ0v) is 3.70. The molecule has 0 aromatic rings. The maximum absolute atomic E-state index is 7.60. The molecule has 38 valence electrons. The monoisotopic (exact) mass is 112 g/mol. The van der Waals surface area contributed by atoms with Gasteiger partial charge in [-0.1, -0.05) is 0 Å². The molecule has 0 aliphatic rings. The van der Waals surface area contributed by atoms with E-state index in [1.807, 2.05) is 0 Å². The van der Waals surface area contributed by atoms with Crippen LogP contribution in [0.25, 0.3) is 0 Å². The molecule has 0 heterocycles. The van der Waals surface area contributed by atoms with Crippen molar-refractivity contribution in [1.29, 1.82) is 0 Å². The molecule has 0 aromatic carbocycles. The van der Waals surface area contributed by atoms with Crippen molar-refractivity contribution in [1.82, 2.24) is 0 Å². The first-order valence-electron chi connectivity index (χ1n) is 1.06. The summed E-state index contributed by atoms with van der Waals surface area (Å²) < 4.78 is 2.74. The van der Waals surface area contributed by atoms with Crippen LogP contribution in [0, 0.1) is 0 Å². The van der Waals surface area contributed by atoms with Crippen molar-refractivity contribution in [2.45, 2.75) is 0 Å². The van der Waals surface area contributed by atoms with Crippen molar-refractivity contribution >= 4 is 9.05 Å². The zero-order chi connectivity index (χ0) is 5.21. The maximum atomic E-state index is 7.60. The van der Waals surface area contributed by atoms with Gasteiger partial charge in [0.1, 0.15) is 0 Å². The topological polar surface area (TPSA) is 90.2 Å². The van der Waals surface area contributed by atoms with E-state index in [1.165, 1.54) is 0 Å². The largest absolute Gasteiger partial charge is 0.699 e. The summed E-state index contributed by atoms with van der Waals surface area (Å²) in [5, 5.41) is 7.21. The third-order valence-electron chi connectivity index (χ3n) is 0.122. The molecular weight excluding hydrogens is 108 g/mol. The number of rotatable bonds is 1. The van der Waals surface area contributed by atoms with Gasteiger partial charge in [0.25, 0.3) is 0 Å². The molecule has 0 radical (unpaired) electrons. The fraction of sp³-hybridized carbons (Fsp3) is 0. The molecule has 0 spiro atoms. The van der Waals surface area contributed by atoms with Gasteiger partial charge in [0.15, 0.2) is 0 Å². The molecule has 0 aliphatic heterocycles. The van der Waals surface area contributed by atoms with Crippen LogP contribution in [-0.2, 0) is 4.58 Å². The highest BCUT2D eigenvalue weighted by Crippen LogP contribution is 1.79. The van der Waals surface area contributed by atoms with Crippen molar-refractivity contribution in [2.24, 2.45) is 0 Å². The molecular formula is H4O5Si. The van der Waals surface area contributed by atoms with Gasteiger partial charge in [-0.3, -0.25) is 5.26 Å². The summed E-state index contributed by atoms with van der Waals surface area (Å²) in [7, 11) is -4.58. The molecule has 0 amide bonds. The van der Waals surface area contributed by atoms with E-state index in [2.05, 4.69) is 4.58 Å². The summed E-state index contributed by atoms with van der Waals surface area (Å²) >= 11 is 0. The Morgan fingerprint density at radius 3 is 1.33 bits per heavy atom. The third kappa shape index (κ3) is 4.02. The number of hydrogen-bond acceptors (Lipinski definition) is 5. The van der Waals surface area contributed by atoms with E-state index in [0.717, 1.165) is 0 Å². The van der Waals surface area contributed by atoms with Crippen molar-refractivity contribution in [3.63, 3.8) is 0 Å². The van der Waals surface area contributed by atoms with Gasteiger partial charge in [-0.25, -0.2) is 0 Å². The van der Waals surface area contributed by atoms with Crippen LogP contribution in [0.5, 0.6) is 0 Å². The Balaban J connectivity index is 3.17. The van der Waals surface area contributed by atoms with Crippen LogP contribution in [-0.4, -0.2) is 28.7 Å². The minimum atomic E-state index is -4.58. The fourth-order valence-electron chi connectivity index (χ4n) is 0. The second kappa shape index (κ2) is 1.64. The summed E-state index contributed by atoms with van der Waals surface area (Å²) in [6, 6.07) is 0. The van der Waals surface area contributed by atoms with E-state index < -0.39 is 9.05 Å². The lowest BCUT2D eigenvalue weighted by Crippen LogP contribution is -2.37. The fourth-order valence-corrected chi connectivity index (χ4v) is 0. The van der Waals surface area contributed by atoms with Gasteiger partial charge in [0.05, 0.1) is 0 Å². The average molecular weight is 112 g/mol. The van der Waals surface area contributed by atoms with Crippen molar-refractivity contribution in [3.8, 4) is 0 Å². The van der Waals surface area contributed by atoms with E-state index in [4.69, 9.17) is 19.6 Å². The lowest BCUT2D eigenvalue weighted by Gasteiger charge is -1.98. The third-order valence-corrected chi connectivity index (χ3v) is 0.367. The van der Waals surface area contributed by atoms with Gasteiger partial charge in [-0.15, -0.1) is 0 Å². The molecule has 5 nitrogen and oxygen atoms in total. The molecule has 0 fully saturated rings. The van der Waals surface area contributed by atoms with E-state index in [0.29, 0.717) is 0 Å². The maximum Gasteiger partial charge on any atom is 0.699 e. The summed E-state index contributed by atoms with van der Waals surface area (Å²) in [5.74, 6) is 0. The summed E-state index contributed by atoms with van der Waals surface area (Å²) in [6.07, 6.45) is 0. The molecule has 6 heteroatoms. The molecule has 0 aliphatic carbocycles. The lowest BCUT2D eigenvalue weighted by atomic mass is 14.9. The van der Waals surface area contributed by atoms with Crippen LogP contribution in [0.4, 0.5) is 0 Å². The Labute approximate surface area is 34.5 Å². The van der Waals surface area contributed by atoms with Crippen molar-refractivity contribution in [2.75, 3.05) is 0 Å². The highest BCUT2D eigenvalue weighted by atomic mass is 28.4. The molecule has 0 unspecified atom stereocenters. The Hall–Kier alpha value is 0.0169. The van der Waals surface area contributed by atoms with Crippen LogP contribution in [0.2, 0.25) is 0 Å². The van der Waals surface area contributed by atoms with Crippen molar-refractivity contribution < 1.29 is 24.2 Å². The van der Waals surface area contributed by atoms with Gasteiger partial charge in [0.2, 0.25) is 0 Å². The predicted octanol–water partition coefficient (Wildman–Crippen LogP) is -2.11. The summed E-state index contributed by atoms with van der Waals surface area (Å²) in [6.45, 7) is 0. The molecule has 0 aromatic heterocycles. The average Bonchev–Trinajstić information content (AvgIpc) is 1.35. The first kappa shape index (κ1) is 6.02. The Morgan fingerprint density at radius 1 is 1.17 bits per heavy atom. The zero-order valence-electron chi connectivity index (χ0n) is 2.70. The van der Waals surface area contributed by atoms with Crippen LogP contribution in [0.1, 0.15) is 0 Å². The quantitative estimate of drug-likeness (QED) is 0.177. The van der Waals surface area contributed by atoms with Gasteiger partial charge in [-0.05, 0) is 0 Å². The Kier molecular flexibility index (Phi) is 1.65. The minimum absolute atomic E-state index is 2.74. The summed E-state index contributed by atoms with van der Waals surface area (Å²) in [5.41, 5.74) is 0. The highest BCUT2D eigenvalue weighted by molar-refractivity contribution is 6.48. The first-order chi connectivity index (χ1) is 2.56. The summed E-state index contributed by atoms with van der Waals surface area (Å²) in [4.78, 5) is 22.8. The van der Waals surface area contributed by atoms with Gasteiger partial charge < -0.3 is 14.4 Å². The predicted molar refractivity (Wildman–Crippen MR) is 16.1 cm³/mol. The molecule has 0 bridgehead atoms. The minimum Gasteiger partial charge on any atom is -0.366 e. The van der Waals surface area contributed by atoms with Crippen LogP contribution < -0.4 is 0 Å². The van der Waals surface area contributed by atoms with E-state index in [9.17, 15) is 0 Å². The Morgan fingerprint density at radius 2 is 1.33 bits per heavy atom. The van der Waals surface area contributed by atoms with E-state index in [-0.39, 0.29) is 0 Å². The highest BCUT2D eigenvalue weighted by Gasteiger charge is 2.30. The second-order valence-electron chi connectivity index (χ2n) is 0.665. The lowest BCUT2D eigenvalue weighted by molar-refractivity contribution is -0.209. The molecule has 0 saturated heterocycles. The number of hydrogen-bond donors (Lipinski definition) is 4. The van der Waals surface area contributed by atoms with E-state index in [1.54, 1.807) is 0 Å². The van der Waals surface area contributed by atoms with Crippen LogP contribution in [0.15, 0.2) is 0 Å². The van der Waals surface area contributed by atoms with Crippen molar-refractivity contribution in [3.05, 3.63) is 0 Å². The standard InChI is InChI=1S/H4O5Si/c1-5-6(2,3)4/h1-4H. The molecule has 6 heavy (non-hydrogen) atoms. The normalized spacial score (nSPS) is 12.0. The van der Waals surface area contributed by atoms with Gasteiger partial charge in [0, 0.05) is 0 Å².